The molecule has 0 spiro atoms. The van der Waals surface area contributed by atoms with E-state index in [9.17, 15) is 4.79 Å². The van der Waals surface area contributed by atoms with Gasteiger partial charge in [-0.15, -0.1) is 0 Å². The maximum atomic E-state index is 10.3. The lowest BCUT2D eigenvalue weighted by Gasteiger charge is -2.22. The molecule has 1 heterocycles. The second-order valence-corrected chi connectivity index (χ2v) is 3.20. The Kier molecular flexibility index (Phi) is 3.70. The van der Waals surface area contributed by atoms with Crippen LogP contribution in [0, 0.1) is 0 Å². The third-order valence-electron chi connectivity index (χ3n) is 1.96. The maximum Gasteiger partial charge on any atom is 0.258 e. The van der Waals surface area contributed by atoms with Crippen molar-refractivity contribution in [3.05, 3.63) is 0 Å². The molecule has 1 aliphatic heterocycles. The number of amides is 1. The second-order valence-electron chi connectivity index (χ2n) is 3.20. The molecule has 1 rings (SSSR count). The standard InChI is InChI=1S/C8H15N3O2/c1-11-4-2-7(3-5-11)10-13-6-8(9)12/h2-6H2,1H3,(H2,9,12). The summed E-state index contributed by atoms with van der Waals surface area (Å²) in [7, 11) is 2.07. The van der Waals surface area contributed by atoms with Gasteiger partial charge in [0.1, 0.15) is 0 Å². The number of nitrogens with two attached hydrogens (primary N) is 1. The predicted octanol–water partition coefficient (Wildman–Crippen LogP) is -0.430. The lowest BCUT2D eigenvalue weighted by atomic mass is 10.1. The van der Waals surface area contributed by atoms with Crippen LogP contribution in [0.25, 0.3) is 0 Å². The highest BCUT2D eigenvalue weighted by molar-refractivity contribution is 5.85. The van der Waals surface area contributed by atoms with Crippen LogP contribution >= 0.6 is 0 Å². The molecule has 1 aliphatic rings. The molecule has 1 fully saturated rings. The number of primary amides is 1. The Labute approximate surface area is 77.5 Å². The fraction of sp³-hybridized carbons (Fsp3) is 0.750. The van der Waals surface area contributed by atoms with E-state index in [1.807, 2.05) is 0 Å². The largest absolute Gasteiger partial charge is 0.386 e. The average Bonchev–Trinajstić information content (AvgIpc) is 2.08. The van der Waals surface area contributed by atoms with Crippen LogP contribution < -0.4 is 5.73 Å². The van der Waals surface area contributed by atoms with Gasteiger partial charge in [-0.2, -0.15) is 0 Å². The van der Waals surface area contributed by atoms with Gasteiger partial charge in [-0.25, -0.2) is 0 Å². The van der Waals surface area contributed by atoms with Crippen LogP contribution in [-0.4, -0.2) is 43.3 Å². The highest BCUT2D eigenvalue weighted by Gasteiger charge is 2.11. The van der Waals surface area contributed by atoms with Gasteiger partial charge in [0.2, 0.25) is 0 Å². The Bertz CT molecular complexity index is 205. The SMILES string of the molecule is CN1CCC(=NOCC(N)=O)CC1. The molecular weight excluding hydrogens is 170 g/mol. The zero-order valence-electron chi connectivity index (χ0n) is 7.82. The van der Waals surface area contributed by atoms with Gasteiger partial charge in [-0.3, -0.25) is 4.79 Å². The Morgan fingerprint density at radius 1 is 1.62 bits per heavy atom. The molecule has 1 saturated heterocycles. The maximum absolute atomic E-state index is 10.3. The highest BCUT2D eigenvalue weighted by atomic mass is 16.6. The molecule has 0 aliphatic carbocycles. The monoisotopic (exact) mass is 185 g/mol. The average molecular weight is 185 g/mol. The molecule has 0 aromatic rings. The molecule has 0 saturated carbocycles. The van der Waals surface area contributed by atoms with Crippen LogP contribution in [0.2, 0.25) is 0 Å². The van der Waals surface area contributed by atoms with E-state index in [4.69, 9.17) is 10.6 Å². The predicted molar refractivity (Wildman–Crippen MR) is 49.3 cm³/mol. The van der Waals surface area contributed by atoms with Crippen LogP contribution in [-0.2, 0) is 9.63 Å². The zero-order chi connectivity index (χ0) is 9.68. The summed E-state index contributed by atoms with van der Waals surface area (Å²) < 4.78 is 0. The van der Waals surface area contributed by atoms with Crippen LogP contribution in [0.3, 0.4) is 0 Å². The lowest BCUT2D eigenvalue weighted by Crippen LogP contribution is -2.30. The second kappa shape index (κ2) is 4.81. The Morgan fingerprint density at radius 3 is 2.77 bits per heavy atom. The summed E-state index contributed by atoms with van der Waals surface area (Å²) in [6, 6.07) is 0. The number of nitrogens with zero attached hydrogens (tertiary/aromatic N) is 2. The summed E-state index contributed by atoms with van der Waals surface area (Å²) in [6.07, 6.45) is 1.82. The van der Waals surface area contributed by atoms with E-state index in [-0.39, 0.29) is 6.61 Å². The number of carbonyl (C=O) groups excluding carboxylic acids is 1. The highest BCUT2D eigenvalue weighted by Crippen LogP contribution is 2.04. The molecule has 0 atom stereocenters. The van der Waals surface area contributed by atoms with Gasteiger partial charge in [0, 0.05) is 25.9 Å². The van der Waals surface area contributed by atoms with Gasteiger partial charge >= 0.3 is 0 Å². The Hall–Kier alpha value is -1.10. The molecule has 5 nitrogen and oxygen atoms in total. The summed E-state index contributed by atoms with van der Waals surface area (Å²) in [5.41, 5.74) is 5.90. The van der Waals surface area contributed by atoms with E-state index in [1.54, 1.807) is 0 Å². The normalized spacial score (nSPS) is 18.4. The van der Waals surface area contributed by atoms with Gasteiger partial charge in [0.05, 0.1) is 5.71 Å². The zero-order valence-corrected chi connectivity index (χ0v) is 7.82. The van der Waals surface area contributed by atoms with Crippen molar-refractivity contribution in [1.29, 1.82) is 0 Å². The van der Waals surface area contributed by atoms with Crippen LogP contribution in [0.5, 0.6) is 0 Å². The molecule has 74 valence electrons. The van der Waals surface area contributed by atoms with Crippen molar-refractivity contribution < 1.29 is 9.63 Å². The minimum atomic E-state index is -0.489. The smallest absolute Gasteiger partial charge is 0.258 e. The van der Waals surface area contributed by atoms with E-state index in [0.717, 1.165) is 31.6 Å². The fourth-order valence-corrected chi connectivity index (χ4v) is 1.16. The molecule has 0 radical (unpaired) electrons. The molecule has 13 heavy (non-hydrogen) atoms. The minimum Gasteiger partial charge on any atom is -0.386 e. The van der Waals surface area contributed by atoms with Crippen molar-refractivity contribution in [3.8, 4) is 0 Å². The van der Waals surface area contributed by atoms with Crippen molar-refractivity contribution in [2.24, 2.45) is 10.9 Å². The van der Waals surface area contributed by atoms with Gasteiger partial charge in [-0.1, -0.05) is 5.16 Å². The molecule has 0 bridgehead atoms. The first-order valence-corrected chi connectivity index (χ1v) is 4.33. The number of piperidine rings is 1. The van der Waals surface area contributed by atoms with Crippen molar-refractivity contribution in [2.45, 2.75) is 12.8 Å². The Morgan fingerprint density at radius 2 is 2.23 bits per heavy atom. The van der Waals surface area contributed by atoms with E-state index < -0.39 is 5.91 Å². The van der Waals surface area contributed by atoms with Crippen LogP contribution in [0.4, 0.5) is 0 Å². The van der Waals surface area contributed by atoms with Gasteiger partial charge < -0.3 is 15.5 Å². The summed E-state index contributed by atoms with van der Waals surface area (Å²) >= 11 is 0. The summed E-state index contributed by atoms with van der Waals surface area (Å²) in [5.74, 6) is -0.489. The van der Waals surface area contributed by atoms with Crippen LogP contribution in [0.15, 0.2) is 5.16 Å². The first-order chi connectivity index (χ1) is 6.18. The number of carbonyl (C=O) groups is 1. The van der Waals surface area contributed by atoms with Gasteiger partial charge in [-0.05, 0) is 7.05 Å². The van der Waals surface area contributed by atoms with E-state index >= 15 is 0 Å². The fourth-order valence-electron chi connectivity index (χ4n) is 1.16. The molecule has 0 aromatic carbocycles. The van der Waals surface area contributed by atoms with Crippen molar-refractivity contribution in [1.82, 2.24) is 4.90 Å². The number of hydrogen-bond acceptors (Lipinski definition) is 4. The molecule has 1 amide bonds. The minimum absolute atomic E-state index is 0.126. The Balaban J connectivity index is 2.23. The topological polar surface area (TPSA) is 67.9 Å². The summed E-state index contributed by atoms with van der Waals surface area (Å²) in [6.45, 7) is 1.87. The number of oxime groups is 1. The first kappa shape index (κ1) is 9.98. The van der Waals surface area contributed by atoms with E-state index in [0.29, 0.717) is 0 Å². The molecule has 2 N–H and O–H groups in total. The third-order valence-corrected chi connectivity index (χ3v) is 1.96. The third kappa shape index (κ3) is 3.89. The summed E-state index contributed by atoms with van der Waals surface area (Å²) in [5, 5.41) is 3.85. The van der Waals surface area contributed by atoms with Gasteiger partial charge in [0.15, 0.2) is 6.61 Å². The lowest BCUT2D eigenvalue weighted by molar-refractivity contribution is -0.122. The molecular formula is C8H15N3O2. The number of rotatable bonds is 3. The van der Waals surface area contributed by atoms with Crippen molar-refractivity contribution in [2.75, 3.05) is 26.7 Å². The van der Waals surface area contributed by atoms with Gasteiger partial charge in [0.25, 0.3) is 5.91 Å². The van der Waals surface area contributed by atoms with E-state index in [2.05, 4.69) is 17.1 Å². The van der Waals surface area contributed by atoms with Crippen LogP contribution in [0.1, 0.15) is 12.8 Å². The number of likely N-dealkylation sites (tertiary alicyclic amines) is 1. The molecule has 0 unspecified atom stereocenters. The molecule has 0 aromatic heterocycles. The molecule has 5 heteroatoms. The first-order valence-electron chi connectivity index (χ1n) is 4.33. The summed E-state index contributed by atoms with van der Waals surface area (Å²) in [4.78, 5) is 17.3. The van der Waals surface area contributed by atoms with Crippen molar-refractivity contribution >= 4 is 11.6 Å². The quantitative estimate of drug-likeness (QED) is 0.607. The van der Waals surface area contributed by atoms with E-state index in [1.165, 1.54) is 0 Å². The number of hydrogen-bond donors (Lipinski definition) is 1. The van der Waals surface area contributed by atoms with Crippen molar-refractivity contribution in [3.63, 3.8) is 0 Å².